The van der Waals surface area contributed by atoms with Crippen LogP contribution in [-0.4, -0.2) is 65.4 Å². The maximum Gasteiger partial charge on any atom is 0.230 e. The highest BCUT2D eigenvalue weighted by Crippen LogP contribution is 2.26. The Kier molecular flexibility index (Phi) is 7.71. The van der Waals surface area contributed by atoms with Crippen molar-refractivity contribution < 1.29 is 14.3 Å². The number of nitrogens with one attached hydrogen (secondary N) is 1. The standard InChI is InChI=1S/C21H28ClN5O3S/c1-15(17-6-2-3-7-18(17)22)23-19(28)14-31-21-25-24-20(26-8-11-29-12-9-26)27(21)13-16-5-4-10-30-16/h2-3,6-7,15-16H,4-5,8-14H2,1H3,(H,23,28). The molecule has 31 heavy (non-hydrogen) atoms. The fourth-order valence-electron chi connectivity index (χ4n) is 3.85. The van der Waals surface area contributed by atoms with Gasteiger partial charge in [0, 0.05) is 24.7 Å². The summed E-state index contributed by atoms with van der Waals surface area (Å²) >= 11 is 7.65. The Morgan fingerprint density at radius 1 is 1.29 bits per heavy atom. The lowest BCUT2D eigenvalue weighted by molar-refractivity contribution is -0.119. The van der Waals surface area contributed by atoms with Gasteiger partial charge in [-0.2, -0.15) is 0 Å². The number of amides is 1. The number of anilines is 1. The Hall–Kier alpha value is -1.81. The van der Waals surface area contributed by atoms with E-state index in [0.717, 1.165) is 49.2 Å². The molecule has 0 aliphatic carbocycles. The molecule has 2 aliphatic heterocycles. The summed E-state index contributed by atoms with van der Waals surface area (Å²) in [5.41, 5.74) is 0.902. The summed E-state index contributed by atoms with van der Waals surface area (Å²) in [7, 11) is 0. The molecule has 0 radical (unpaired) electrons. The van der Waals surface area contributed by atoms with Gasteiger partial charge in [-0.25, -0.2) is 0 Å². The van der Waals surface area contributed by atoms with E-state index in [9.17, 15) is 4.79 Å². The summed E-state index contributed by atoms with van der Waals surface area (Å²) in [5, 5.41) is 13.2. The number of benzene rings is 1. The average Bonchev–Trinajstić information content (AvgIpc) is 3.43. The lowest BCUT2D eigenvalue weighted by Crippen LogP contribution is -2.38. The van der Waals surface area contributed by atoms with Gasteiger partial charge in [-0.3, -0.25) is 9.36 Å². The van der Waals surface area contributed by atoms with Gasteiger partial charge in [0.25, 0.3) is 0 Å². The van der Waals surface area contributed by atoms with Gasteiger partial charge in [-0.1, -0.05) is 41.6 Å². The topological polar surface area (TPSA) is 81.5 Å². The van der Waals surface area contributed by atoms with Crippen LogP contribution in [0.2, 0.25) is 5.02 Å². The van der Waals surface area contributed by atoms with E-state index >= 15 is 0 Å². The predicted molar refractivity (Wildman–Crippen MR) is 121 cm³/mol. The number of thioether (sulfide) groups is 1. The Bertz CT molecular complexity index is 884. The molecule has 1 N–H and O–H groups in total. The molecule has 0 spiro atoms. The maximum absolute atomic E-state index is 12.6. The Labute approximate surface area is 191 Å². The van der Waals surface area contributed by atoms with Crippen LogP contribution in [0, 0.1) is 0 Å². The normalized spacial score (nSPS) is 20.1. The lowest BCUT2D eigenvalue weighted by Gasteiger charge is -2.28. The van der Waals surface area contributed by atoms with Crippen LogP contribution in [0.25, 0.3) is 0 Å². The Morgan fingerprint density at radius 2 is 2.10 bits per heavy atom. The van der Waals surface area contributed by atoms with E-state index in [1.165, 1.54) is 11.8 Å². The minimum Gasteiger partial charge on any atom is -0.378 e. The van der Waals surface area contributed by atoms with Crippen molar-refractivity contribution >= 4 is 35.2 Å². The first-order chi connectivity index (χ1) is 15.1. The first-order valence-corrected chi connectivity index (χ1v) is 12.0. The molecule has 10 heteroatoms. The summed E-state index contributed by atoms with van der Waals surface area (Å²) in [5.74, 6) is 1.00. The molecule has 2 aromatic rings. The number of carbonyl (C=O) groups excluding carboxylic acids is 1. The van der Waals surface area contributed by atoms with Crippen molar-refractivity contribution in [2.75, 3.05) is 43.6 Å². The van der Waals surface area contributed by atoms with Gasteiger partial charge in [-0.15, -0.1) is 10.2 Å². The number of hydrogen-bond donors (Lipinski definition) is 1. The van der Waals surface area contributed by atoms with Gasteiger partial charge in [0.05, 0.1) is 37.7 Å². The molecule has 0 bridgehead atoms. The fraction of sp³-hybridized carbons (Fsp3) is 0.571. The molecule has 2 fully saturated rings. The van der Waals surface area contributed by atoms with Crippen molar-refractivity contribution in [3.8, 4) is 0 Å². The van der Waals surface area contributed by atoms with Crippen LogP contribution in [0.5, 0.6) is 0 Å². The van der Waals surface area contributed by atoms with Crippen molar-refractivity contribution in [1.82, 2.24) is 20.1 Å². The number of nitrogens with zero attached hydrogens (tertiary/aromatic N) is 4. The van der Waals surface area contributed by atoms with Crippen LogP contribution >= 0.6 is 23.4 Å². The van der Waals surface area contributed by atoms with Crippen LogP contribution in [-0.2, 0) is 20.8 Å². The van der Waals surface area contributed by atoms with E-state index in [-0.39, 0.29) is 23.8 Å². The monoisotopic (exact) mass is 465 g/mol. The average molecular weight is 466 g/mol. The molecular weight excluding hydrogens is 438 g/mol. The molecule has 1 amide bonds. The molecule has 0 saturated carbocycles. The van der Waals surface area contributed by atoms with Gasteiger partial charge >= 0.3 is 0 Å². The second-order valence-corrected chi connectivity index (χ2v) is 9.08. The zero-order valence-corrected chi connectivity index (χ0v) is 19.2. The molecule has 2 aliphatic rings. The molecule has 168 valence electrons. The van der Waals surface area contributed by atoms with Crippen molar-refractivity contribution in [2.45, 2.75) is 43.6 Å². The number of aromatic nitrogens is 3. The first kappa shape index (κ1) is 22.4. The molecule has 2 unspecified atom stereocenters. The van der Waals surface area contributed by atoms with E-state index in [1.807, 2.05) is 31.2 Å². The molecule has 1 aromatic carbocycles. The molecule has 2 saturated heterocycles. The van der Waals surface area contributed by atoms with Crippen LogP contribution in [0.1, 0.15) is 31.4 Å². The zero-order chi connectivity index (χ0) is 21.6. The van der Waals surface area contributed by atoms with Gasteiger partial charge in [0.2, 0.25) is 11.9 Å². The van der Waals surface area contributed by atoms with Gasteiger partial charge in [0.1, 0.15) is 0 Å². The highest BCUT2D eigenvalue weighted by atomic mass is 35.5. The van der Waals surface area contributed by atoms with Crippen LogP contribution in [0.4, 0.5) is 5.95 Å². The molecular formula is C21H28ClN5O3S. The highest BCUT2D eigenvalue weighted by Gasteiger charge is 2.25. The number of morpholine rings is 1. The van der Waals surface area contributed by atoms with E-state index in [2.05, 4.69) is 25.0 Å². The van der Waals surface area contributed by atoms with Crippen LogP contribution in [0.3, 0.4) is 0 Å². The maximum atomic E-state index is 12.6. The van der Waals surface area contributed by atoms with Crippen molar-refractivity contribution in [3.63, 3.8) is 0 Å². The third kappa shape index (κ3) is 5.71. The Balaban J connectivity index is 1.41. The quantitative estimate of drug-likeness (QED) is 0.600. The first-order valence-electron chi connectivity index (χ1n) is 10.7. The van der Waals surface area contributed by atoms with E-state index in [4.69, 9.17) is 21.1 Å². The predicted octanol–water partition coefficient (Wildman–Crippen LogP) is 2.92. The van der Waals surface area contributed by atoms with Gasteiger partial charge in [-0.05, 0) is 31.4 Å². The molecule has 2 atom stereocenters. The van der Waals surface area contributed by atoms with E-state index < -0.39 is 0 Å². The van der Waals surface area contributed by atoms with E-state index in [0.29, 0.717) is 24.8 Å². The second-order valence-electron chi connectivity index (χ2n) is 7.73. The van der Waals surface area contributed by atoms with Gasteiger partial charge in [0.15, 0.2) is 5.16 Å². The van der Waals surface area contributed by atoms with Crippen LogP contribution in [0.15, 0.2) is 29.4 Å². The summed E-state index contributed by atoms with van der Waals surface area (Å²) in [6.45, 7) is 6.34. The molecule has 4 rings (SSSR count). The summed E-state index contributed by atoms with van der Waals surface area (Å²) in [6.07, 6.45) is 2.26. The number of halogens is 1. The zero-order valence-electron chi connectivity index (χ0n) is 17.6. The largest absolute Gasteiger partial charge is 0.378 e. The van der Waals surface area contributed by atoms with Crippen LogP contribution < -0.4 is 10.2 Å². The lowest BCUT2D eigenvalue weighted by atomic mass is 10.1. The minimum absolute atomic E-state index is 0.0722. The summed E-state index contributed by atoms with van der Waals surface area (Å²) in [6, 6.07) is 7.38. The molecule has 1 aromatic heterocycles. The summed E-state index contributed by atoms with van der Waals surface area (Å²) < 4.78 is 13.4. The molecule has 3 heterocycles. The van der Waals surface area contributed by atoms with Gasteiger partial charge < -0.3 is 19.7 Å². The Morgan fingerprint density at radius 3 is 2.84 bits per heavy atom. The van der Waals surface area contributed by atoms with Crippen molar-refractivity contribution in [3.05, 3.63) is 34.9 Å². The van der Waals surface area contributed by atoms with Crippen molar-refractivity contribution in [1.29, 1.82) is 0 Å². The van der Waals surface area contributed by atoms with Crippen molar-refractivity contribution in [2.24, 2.45) is 0 Å². The van der Waals surface area contributed by atoms with E-state index in [1.54, 1.807) is 0 Å². The number of hydrogen-bond acceptors (Lipinski definition) is 7. The number of carbonyl (C=O) groups is 1. The third-order valence-electron chi connectivity index (χ3n) is 5.48. The molecule has 8 nitrogen and oxygen atoms in total. The summed E-state index contributed by atoms with van der Waals surface area (Å²) in [4.78, 5) is 14.8. The SMILES string of the molecule is CC(NC(=O)CSc1nnc(N2CCOCC2)n1CC1CCCO1)c1ccccc1Cl. The number of ether oxygens (including phenoxy) is 2. The highest BCUT2D eigenvalue weighted by molar-refractivity contribution is 7.99. The minimum atomic E-state index is -0.171. The number of rotatable bonds is 8. The smallest absolute Gasteiger partial charge is 0.230 e. The second kappa shape index (κ2) is 10.7. The third-order valence-corrected chi connectivity index (χ3v) is 6.79. The fourth-order valence-corrected chi connectivity index (χ4v) is 4.91.